The number of methoxy groups -OCH3 is 1. The number of nitrogens with one attached hydrogen (secondary N) is 1. The van der Waals surface area contributed by atoms with Crippen molar-refractivity contribution < 1.29 is 4.74 Å². The first kappa shape index (κ1) is 16.8. The Labute approximate surface area is 145 Å². The molecule has 1 saturated heterocycles. The molecule has 2 unspecified atom stereocenters. The van der Waals surface area contributed by atoms with Crippen LogP contribution in [-0.4, -0.2) is 26.7 Å². The smallest absolute Gasteiger partial charge is 0.118 e. The van der Waals surface area contributed by atoms with Crippen LogP contribution in [0.4, 0.5) is 5.69 Å². The van der Waals surface area contributed by atoms with Crippen molar-refractivity contribution in [1.29, 1.82) is 0 Å². The van der Waals surface area contributed by atoms with Crippen LogP contribution in [0.5, 0.6) is 5.75 Å². The monoisotopic (exact) mass is 324 g/mol. The highest BCUT2D eigenvalue weighted by Gasteiger charge is 2.41. The van der Waals surface area contributed by atoms with E-state index in [4.69, 9.17) is 4.74 Å². The van der Waals surface area contributed by atoms with Gasteiger partial charge in [0, 0.05) is 37.3 Å². The average molecular weight is 324 g/mol. The van der Waals surface area contributed by atoms with Gasteiger partial charge in [-0.05, 0) is 55.7 Å². The van der Waals surface area contributed by atoms with Crippen LogP contribution >= 0.6 is 0 Å². The number of hydrogen-bond donors (Lipinski definition) is 1. The minimum atomic E-state index is 0.0736. The molecule has 1 heterocycles. The normalized spacial score (nSPS) is 22.4. The molecule has 0 aliphatic carbocycles. The number of hydrogen-bond acceptors (Lipinski definition) is 3. The number of nitrogens with zero attached hydrogens (tertiary/aromatic N) is 1. The second-order valence-electron chi connectivity index (χ2n) is 7.47. The zero-order valence-electron chi connectivity index (χ0n) is 15.3. The molecule has 1 aliphatic rings. The van der Waals surface area contributed by atoms with E-state index in [9.17, 15) is 0 Å². The van der Waals surface area contributed by atoms with Gasteiger partial charge >= 0.3 is 0 Å². The van der Waals surface area contributed by atoms with Crippen LogP contribution in [0.2, 0.25) is 0 Å². The SMILES string of the molecule is COc1ccc(C2CC(c3ccc(N(C)C)cc3)C(C)(C)N2)cc1. The van der Waals surface area contributed by atoms with Gasteiger partial charge in [-0.3, -0.25) is 0 Å². The summed E-state index contributed by atoms with van der Waals surface area (Å²) in [6.45, 7) is 4.61. The van der Waals surface area contributed by atoms with E-state index >= 15 is 0 Å². The van der Waals surface area contributed by atoms with E-state index < -0.39 is 0 Å². The Morgan fingerprint density at radius 1 is 0.958 bits per heavy atom. The molecule has 0 aromatic heterocycles. The lowest BCUT2D eigenvalue weighted by Crippen LogP contribution is -2.37. The van der Waals surface area contributed by atoms with Crippen LogP contribution in [-0.2, 0) is 0 Å². The van der Waals surface area contributed by atoms with Crippen molar-refractivity contribution >= 4 is 5.69 Å². The molecule has 2 atom stereocenters. The molecule has 1 aliphatic heterocycles. The highest BCUT2D eigenvalue weighted by Crippen LogP contribution is 2.44. The Balaban J connectivity index is 1.81. The lowest BCUT2D eigenvalue weighted by molar-refractivity contribution is 0.397. The molecule has 1 N–H and O–H groups in total. The molecule has 0 amide bonds. The van der Waals surface area contributed by atoms with Crippen LogP contribution < -0.4 is 15.0 Å². The second kappa shape index (κ2) is 6.48. The van der Waals surface area contributed by atoms with E-state index in [1.54, 1.807) is 7.11 Å². The summed E-state index contributed by atoms with van der Waals surface area (Å²) in [6, 6.07) is 17.8. The van der Waals surface area contributed by atoms with Gasteiger partial charge in [-0.25, -0.2) is 0 Å². The van der Waals surface area contributed by atoms with Gasteiger partial charge in [0.2, 0.25) is 0 Å². The summed E-state index contributed by atoms with van der Waals surface area (Å²) >= 11 is 0. The number of benzene rings is 2. The third kappa shape index (κ3) is 3.27. The van der Waals surface area contributed by atoms with Crippen molar-refractivity contribution in [1.82, 2.24) is 5.32 Å². The quantitative estimate of drug-likeness (QED) is 0.904. The van der Waals surface area contributed by atoms with Gasteiger partial charge in [0.25, 0.3) is 0 Å². The zero-order valence-corrected chi connectivity index (χ0v) is 15.3. The van der Waals surface area contributed by atoms with Crippen molar-refractivity contribution in [2.24, 2.45) is 0 Å². The fourth-order valence-electron chi connectivity index (χ4n) is 3.75. The maximum Gasteiger partial charge on any atom is 0.118 e. The molecule has 0 radical (unpaired) electrons. The molecule has 0 bridgehead atoms. The Hall–Kier alpha value is -2.00. The van der Waals surface area contributed by atoms with Crippen LogP contribution in [0.1, 0.15) is 43.4 Å². The fraction of sp³-hybridized carbons (Fsp3) is 0.429. The first-order chi connectivity index (χ1) is 11.4. The number of rotatable bonds is 4. The molecule has 0 saturated carbocycles. The van der Waals surface area contributed by atoms with Crippen molar-refractivity contribution in [3.05, 3.63) is 59.7 Å². The Morgan fingerprint density at radius 2 is 1.54 bits per heavy atom. The third-order valence-electron chi connectivity index (χ3n) is 5.22. The Kier molecular flexibility index (Phi) is 4.55. The first-order valence-corrected chi connectivity index (χ1v) is 8.59. The largest absolute Gasteiger partial charge is 0.497 e. The lowest BCUT2D eigenvalue weighted by Gasteiger charge is -2.28. The van der Waals surface area contributed by atoms with E-state index in [0.29, 0.717) is 12.0 Å². The van der Waals surface area contributed by atoms with Gasteiger partial charge in [-0.1, -0.05) is 24.3 Å². The third-order valence-corrected chi connectivity index (χ3v) is 5.22. The zero-order chi connectivity index (χ0) is 17.3. The molecule has 3 heteroatoms. The maximum atomic E-state index is 5.27. The Morgan fingerprint density at radius 3 is 2.08 bits per heavy atom. The van der Waals surface area contributed by atoms with Crippen molar-refractivity contribution in [3.63, 3.8) is 0 Å². The highest BCUT2D eigenvalue weighted by molar-refractivity contribution is 5.47. The lowest BCUT2D eigenvalue weighted by atomic mass is 9.82. The van der Waals surface area contributed by atoms with Crippen molar-refractivity contribution in [3.8, 4) is 5.75 Å². The van der Waals surface area contributed by atoms with Crippen molar-refractivity contribution in [2.75, 3.05) is 26.1 Å². The average Bonchev–Trinajstić information content (AvgIpc) is 2.90. The molecule has 3 rings (SSSR count). The predicted molar refractivity (Wildman–Crippen MR) is 101 cm³/mol. The molecule has 1 fully saturated rings. The van der Waals surface area contributed by atoms with Gasteiger partial charge in [-0.2, -0.15) is 0 Å². The van der Waals surface area contributed by atoms with Gasteiger partial charge < -0.3 is 15.0 Å². The molecule has 3 nitrogen and oxygen atoms in total. The molecular formula is C21H28N2O. The van der Waals surface area contributed by atoms with Gasteiger partial charge in [0.05, 0.1) is 7.11 Å². The van der Waals surface area contributed by atoms with Crippen LogP contribution in [0.15, 0.2) is 48.5 Å². The first-order valence-electron chi connectivity index (χ1n) is 8.59. The summed E-state index contributed by atoms with van der Waals surface area (Å²) in [5.74, 6) is 1.41. The van der Waals surface area contributed by atoms with E-state index in [0.717, 1.165) is 12.2 Å². The van der Waals surface area contributed by atoms with E-state index in [2.05, 4.69) is 74.6 Å². The molecule has 128 valence electrons. The summed E-state index contributed by atoms with van der Waals surface area (Å²) in [5, 5.41) is 3.82. The summed E-state index contributed by atoms with van der Waals surface area (Å²) in [6.07, 6.45) is 1.11. The topological polar surface area (TPSA) is 24.5 Å². The summed E-state index contributed by atoms with van der Waals surface area (Å²) in [7, 11) is 5.87. The molecule has 2 aromatic carbocycles. The second-order valence-corrected chi connectivity index (χ2v) is 7.47. The molecule has 2 aromatic rings. The fourth-order valence-corrected chi connectivity index (χ4v) is 3.75. The summed E-state index contributed by atoms with van der Waals surface area (Å²) < 4.78 is 5.27. The minimum absolute atomic E-state index is 0.0736. The number of anilines is 1. The number of ether oxygens (including phenoxy) is 1. The van der Waals surface area contributed by atoms with Crippen LogP contribution in [0, 0.1) is 0 Å². The summed E-state index contributed by atoms with van der Waals surface area (Å²) in [5.41, 5.74) is 4.06. The van der Waals surface area contributed by atoms with Gasteiger partial charge in [-0.15, -0.1) is 0 Å². The van der Waals surface area contributed by atoms with Gasteiger partial charge in [0.1, 0.15) is 5.75 Å². The van der Waals surface area contributed by atoms with E-state index in [1.807, 2.05) is 12.1 Å². The van der Waals surface area contributed by atoms with E-state index in [1.165, 1.54) is 16.8 Å². The highest BCUT2D eigenvalue weighted by atomic mass is 16.5. The minimum Gasteiger partial charge on any atom is -0.497 e. The van der Waals surface area contributed by atoms with Crippen LogP contribution in [0.3, 0.4) is 0 Å². The molecule has 24 heavy (non-hydrogen) atoms. The predicted octanol–water partition coefficient (Wildman–Crippen LogP) is 4.36. The standard InChI is InChI=1S/C21H28N2O/c1-21(2)19(15-6-10-17(11-7-15)23(3)4)14-20(22-21)16-8-12-18(24-5)13-9-16/h6-13,19-20,22H,14H2,1-5H3. The molecule has 0 spiro atoms. The van der Waals surface area contributed by atoms with Crippen molar-refractivity contribution in [2.45, 2.75) is 37.8 Å². The van der Waals surface area contributed by atoms with Crippen LogP contribution in [0.25, 0.3) is 0 Å². The van der Waals surface area contributed by atoms with Gasteiger partial charge in [0.15, 0.2) is 0 Å². The maximum absolute atomic E-state index is 5.27. The summed E-state index contributed by atoms with van der Waals surface area (Å²) in [4.78, 5) is 2.14. The Bertz CT molecular complexity index is 674. The van der Waals surface area contributed by atoms with E-state index in [-0.39, 0.29) is 5.54 Å². The molecular weight excluding hydrogens is 296 g/mol.